The van der Waals surface area contributed by atoms with Gasteiger partial charge in [0.2, 0.25) is 0 Å². The van der Waals surface area contributed by atoms with Gasteiger partial charge in [-0.05, 0) is 68.2 Å². The van der Waals surface area contributed by atoms with Crippen LogP contribution in [-0.2, 0) is 45.9 Å². The number of ether oxygens (including phenoxy) is 1. The van der Waals surface area contributed by atoms with Gasteiger partial charge in [-0.3, -0.25) is 0 Å². The van der Waals surface area contributed by atoms with Crippen molar-refractivity contribution in [2.75, 3.05) is 12.4 Å². The molecule has 2 aliphatic carbocycles. The van der Waals surface area contributed by atoms with E-state index in [-0.39, 0.29) is 4.21 Å². The molecule has 0 radical (unpaired) electrons. The molecule has 0 saturated carbocycles. The van der Waals surface area contributed by atoms with Crippen molar-refractivity contribution in [3.8, 4) is 0 Å². The van der Waals surface area contributed by atoms with E-state index in [1.54, 1.807) is 7.11 Å². The minimum absolute atomic E-state index is 0.258. The SMILES string of the molecule is COC(C)(C)c1ncc(S(N)(=O)=NC(=O)Nc2c3c(cc4c2CC4)CCC3)s1. The molecule has 28 heavy (non-hydrogen) atoms. The highest BCUT2D eigenvalue weighted by Gasteiger charge is 2.28. The molecule has 1 unspecified atom stereocenters. The lowest BCUT2D eigenvalue weighted by Crippen LogP contribution is -2.21. The quantitative estimate of drug-likeness (QED) is 0.789. The van der Waals surface area contributed by atoms with Crippen LogP contribution in [0.5, 0.6) is 0 Å². The van der Waals surface area contributed by atoms with Gasteiger partial charge < -0.3 is 10.1 Å². The second-order valence-corrected chi connectivity index (χ2v) is 10.7. The van der Waals surface area contributed by atoms with Gasteiger partial charge in [-0.1, -0.05) is 6.07 Å². The Hall–Kier alpha value is -1.81. The lowest BCUT2D eigenvalue weighted by atomic mass is 9.83. The number of thiazole rings is 1. The zero-order chi connectivity index (χ0) is 20.1. The number of benzene rings is 1. The number of amides is 2. The van der Waals surface area contributed by atoms with Crippen LogP contribution < -0.4 is 10.5 Å². The molecular weight excluding hydrogens is 396 g/mol. The summed E-state index contributed by atoms with van der Waals surface area (Å²) in [4.78, 5) is 16.8. The molecule has 1 aromatic carbocycles. The molecule has 0 bridgehead atoms. The third kappa shape index (κ3) is 3.36. The van der Waals surface area contributed by atoms with Crippen LogP contribution in [0, 0.1) is 0 Å². The Kier molecular flexibility index (Phi) is 4.81. The van der Waals surface area contributed by atoms with E-state index >= 15 is 0 Å². The maximum Gasteiger partial charge on any atom is 0.354 e. The first-order chi connectivity index (χ1) is 13.2. The third-order valence-corrected chi connectivity index (χ3v) is 8.68. The lowest BCUT2D eigenvalue weighted by molar-refractivity contribution is 0.0190. The summed E-state index contributed by atoms with van der Waals surface area (Å²) in [5.41, 5.74) is 5.18. The van der Waals surface area contributed by atoms with Crippen LogP contribution in [0.1, 0.15) is 47.5 Å². The van der Waals surface area contributed by atoms with E-state index in [2.05, 4.69) is 20.7 Å². The van der Waals surface area contributed by atoms with Gasteiger partial charge in [-0.2, -0.15) is 0 Å². The predicted octanol–water partition coefficient (Wildman–Crippen LogP) is 3.54. The number of carbonyl (C=O) groups excluding carboxylic acids is 1. The third-order valence-electron chi connectivity index (χ3n) is 5.49. The first-order valence-corrected chi connectivity index (χ1v) is 11.6. The molecular formula is C19H24N4O3S2. The number of carbonyl (C=O) groups is 1. The predicted molar refractivity (Wildman–Crippen MR) is 110 cm³/mol. The monoisotopic (exact) mass is 420 g/mol. The molecule has 2 aromatic rings. The fourth-order valence-electron chi connectivity index (χ4n) is 3.65. The molecule has 0 spiro atoms. The van der Waals surface area contributed by atoms with Crippen molar-refractivity contribution in [1.29, 1.82) is 0 Å². The van der Waals surface area contributed by atoms with E-state index in [9.17, 15) is 9.00 Å². The van der Waals surface area contributed by atoms with Crippen molar-refractivity contribution in [3.63, 3.8) is 0 Å². The number of nitrogens with one attached hydrogen (secondary N) is 1. The summed E-state index contributed by atoms with van der Waals surface area (Å²) < 4.78 is 22.3. The summed E-state index contributed by atoms with van der Waals surface area (Å²) >= 11 is 1.15. The number of urea groups is 1. The first-order valence-electron chi connectivity index (χ1n) is 9.25. The lowest BCUT2D eigenvalue weighted by Gasteiger charge is -2.25. The number of nitrogens with zero attached hydrogens (tertiary/aromatic N) is 2. The smallest absolute Gasteiger partial charge is 0.354 e. The number of anilines is 1. The molecule has 7 nitrogen and oxygen atoms in total. The summed E-state index contributed by atoms with van der Waals surface area (Å²) in [6.07, 6.45) is 6.46. The van der Waals surface area contributed by atoms with E-state index in [1.807, 2.05) is 13.8 Å². The molecule has 1 atom stereocenters. The van der Waals surface area contributed by atoms with Gasteiger partial charge in [-0.25, -0.2) is 19.1 Å². The normalized spacial score (nSPS) is 17.3. The Bertz CT molecular complexity index is 1080. The van der Waals surface area contributed by atoms with Gasteiger partial charge in [0.15, 0.2) is 9.92 Å². The van der Waals surface area contributed by atoms with Crippen LogP contribution in [0.25, 0.3) is 0 Å². The molecule has 9 heteroatoms. The van der Waals surface area contributed by atoms with Crippen LogP contribution in [0.4, 0.5) is 10.5 Å². The number of rotatable bonds is 4. The van der Waals surface area contributed by atoms with Crippen LogP contribution in [-0.4, -0.2) is 22.3 Å². The molecule has 0 aliphatic heterocycles. The summed E-state index contributed by atoms with van der Waals surface area (Å²) in [6, 6.07) is 1.58. The maximum absolute atomic E-state index is 12.9. The number of aryl methyl sites for hydroxylation is 2. The molecule has 1 heterocycles. The Labute approximate surface area is 169 Å². The van der Waals surface area contributed by atoms with Crippen molar-refractivity contribution in [3.05, 3.63) is 39.5 Å². The van der Waals surface area contributed by atoms with E-state index in [1.165, 1.54) is 28.5 Å². The highest BCUT2D eigenvalue weighted by atomic mass is 32.2. The molecule has 1 aromatic heterocycles. The Balaban J connectivity index is 1.62. The average molecular weight is 421 g/mol. The van der Waals surface area contributed by atoms with E-state index in [0.29, 0.717) is 5.01 Å². The fraction of sp³-hybridized carbons (Fsp3) is 0.474. The van der Waals surface area contributed by atoms with Crippen molar-refractivity contribution in [2.45, 2.75) is 55.8 Å². The van der Waals surface area contributed by atoms with Gasteiger partial charge >= 0.3 is 6.03 Å². The molecule has 3 N–H and O–H groups in total. The van der Waals surface area contributed by atoms with Crippen molar-refractivity contribution in [1.82, 2.24) is 4.98 Å². The summed E-state index contributed by atoms with van der Waals surface area (Å²) in [7, 11) is -1.81. The minimum atomic E-state index is -3.38. The minimum Gasteiger partial charge on any atom is -0.372 e. The van der Waals surface area contributed by atoms with Gasteiger partial charge in [0.05, 0.1) is 6.20 Å². The fourth-order valence-corrected chi connectivity index (χ4v) is 5.79. The molecule has 0 fully saturated rings. The van der Waals surface area contributed by atoms with Crippen LogP contribution >= 0.6 is 11.3 Å². The number of hydrogen-bond donors (Lipinski definition) is 2. The van der Waals surface area contributed by atoms with Crippen LogP contribution in [0.3, 0.4) is 0 Å². The molecule has 4 rings (SSSR count). The van der Waals surface area contributed by atoms with Crippen molar-refractivity contribution < 1.29 is 13.7 Å². The number of fused-ring (bicyclic) bond motifs is 2. The molecule has 2 amide bonds. The highest BCUT2D eigenvalue weighted by molar-refractivity contribution is 7.93. The Morgan fingerprint density at radius 1 is 1.29 bits per heavy atom. The van der Waals surface area contributed by atoms with E-state index in [0.717, 1.165) is 49.1 Å². The average Bonchev–Trinajstić information content (AvgIpc) is 3.26. The Morgan fingerprint density at radius 2 is 2.00 bits per heavy atom. The van der Waals surface area contributed by atoms with Gasteiger partial charge in [0, 0.05) is 12.8 Å². The highest BCUT2D eigenvalue weighted by Crippen LogP contribution is 2.39. The summed E-state index contributed by atoms with van der Waals surface area (Å²) in [5.74, 6) is 0. The van der Waals surface area contributed by atoms with Crippen molar-refractivity contribution >= 4 is 33.0 Å². The standard InChI is InChI=1S/C19H24N4O3S2/c1-19(2,26-3)17-21-10-15(27-17)28(20,25)23-18(24)22-16-13-6-4-5-11(13)9-12-7-8-14(12)16/h9-10H,4-8H2,1-3H3,(H3,20,22,23,24,25). The number of methoxy groups -OCH3 is 1. The molecule has 2 aliphatic rings. The summed E-state index contributed by atoms with van der Waals surface area (Å²) in [6.45, 7) is 3.71. The zero-order valence-electron chi connectivity index (χ0n) is 16.2. The largest absolute Gasteiger partial charge is 0.372 e. The number of hydrogen-bond acceptors (Lipinski definition) is 5. The number of aromatic nitrogens is 1. The second kappa shape index (κ2) is 6.91. The van der Waals surface area contributed by atoms with E-state index < -0.39 is 21.5 Å². The second-order valence-electron chi connectivity index (χ2n) is 7.67. The summed E-state index contributed by atoms with van der Waals surface area (Å²) in [5, 5.41) is 9.41. The van der Waals surface area contributed by atoms with Crippen molar-refractivity contribution in [2.24, 2.45) is 9.50 Å². The topological polar surface area (TPSA) is 107 Å². The zero-order valence-corrected chi connectivity index (χ0v) is 17.8. The molecule has 150 valence electrons. The Morgan fingerprint density at radius 3 is 2.68 bits per heavy atom. The molecule has 0 saturated heterocycles. The first kappa shape index (κ1) is 19.5. The maximum atomic E-state index is 12.9. The van der Waals surface area contributed by atoms with Crippen LogP contribution in [0.15, 0.2) is 20.8 Å². The number of nitrogens with two attached hydrogens (primary N) is 1. The van der Waals surface area contributed by atoms with Gasteiger partial charge in [0.1, 0.15) is 14.8 Å². The van der Waals surface area contributed by atoms with E-state index in [4.69, 9.17) is 9.88 Å². The van der Waals surface area contributed by atoms with Gasteiger partial charge in [0.25, 0.3) is 0 Å². The van der Waals surface area contributed by atoms with Crippen LogP contribution in [0.2, 0.25) is 0 Å². The van der Waals surface area contributed by atoms with Gasteiger partial charge in [-0.15, -0.1) is 15.7 Å².